The van der Waals surface area contributed by atoms with E-state index >= 15 is 0 Å². The van der Waals surface area contributed by atoms with Crippen molar-refractivity contribution in [1.29, 1.82) is 0 Å². The highest BCUT2D eigenvalue weighted by atomic mass is 127. The quantitative estimate of drug-likeness (QED) is 0.594. The standard InChI is InChI=1S/C12H12ClIN2/c1-7-4-11(7)16-10-3-2-8(14)5-9(10)15-12(16)6-13/h2-3,5,7,11H,4,6H2,1H3. The van der Waals surface area contributed by atoms with E-state index in [1.807, 2.05) is 0 Å². The van der Waals surface area contributed by atoms with Crippen molar-refractivity contribution in [3.05, 3.63) is 27.6 Å². The highest BCUT2D eigenvalue weighted by Gasteiger charge is 2.36. The van der Waals surface area contributed by atoms with Crippen molar-refractivity contribution < 1.29 is 0 Å². The molecule has 1 aliphatic rings. The maximum Gasteiger partial charge on any atom is 0.125 e. The molecule has 2 unspecified atom stereocenters. The number of hydrogen-bond acceptors (Lipinski definition) is 1. The van der Waals surface area contributed by atoms with Crippen LogP contribution in [0.1, 0.15) is 25.2 Å². The number of halogens is 2. The van der Waals surface area contributed by atoms with Crippen LogP contribution in [-0.2, 0) is 5.88 Å². The smallest absolute Gasteiger partial charge is 0.125 e. The third-order valence-corrected chi connectivity index (χ3v) is 4.15. The molecule has 1 heterocycles. The number of fused-ring (bicyclic) bond motifs is 1. The van der Waals surface area contributed by atoms with Crippen molar-refractivity contribution in [1.82, 2.24) is 9.55 Å². The topological polar surface area (TPSA) is 17.8 Å². The molecule has 1 fully saturated rings. The van der Waals surface area contributed by atoms with E-state index in [0.29, 0.717) is 11.9 Å². The molecule has 16 heavy (non-hydrogen) atoms. The third-order valence-electron chi connectivity index (χ3n) is 3.24. The van der Waals surface area contributed by atoms with Crippen molar-refractivity contribution in [3.8, 4) is 0 Å². The summed E-state index contributed by atoms with van der Waals surface area (Å²) in [5.74, 6) is 2.26. The molecule has 84 valence electrons. The van der Waals surface area contributed by atoms with Crippen molar-refractivity contribution in [2.24, 2.45) is 5.92 Å². The number of aromatic nitrogens is 2. The highest BCUT2D eigenvalue weighted by molar-refractivity contribution is 14.1. The van der Waals surface area contributed by atoms with Crippen LogP contribution < -0.4 is 0 Å². The number of imidazole rings is 1. The van der Waals surface area contributed by atoms with Crippen LogP contribution in [0.25, 0.3) is 11.0 Å². The zero-order chi connectivity index (χ0) is 11.3. The number of benzene rings is 1. The molecule has 2 atom stereocenters. The summed E-state index contributed by atoms with van der Waals surface area (Å²) in [7, 11) is 0. The minimum Gasteiger partial charge on any atom is -0.324 e. The molecule has 0 bridgehead atoms. The van der Waals surface area contributed by atoms with Gasteiger partial charge in [-0.15, -0.1) is 11.6 Å². The summed E-state index contributed by atoms with van der Waals surface area (Å²) in [6, 6.07) is 7.02. The molecule has 2 aromatic rings. The Morgan fingerprint density at radius 3 is 2.94 bits per heavy atom. The van der Waals surface area contributed by atoms with E-state index in [2.05, 4.69) is 57.3 Å². The van der Waals surface area contributed by atoms with Crippen LogP contribution >= 0.6 is 34.2 Å². The van der Waals surface area contributed by atoms with Gasteiger partial charge in [-0.3, -0.25) is 0 Å². The van der Waals surface area contributed by atoms with Gasteiger partial charge in [0.25, 0.3) is 0 Å². The minimum absolute atomic E-state index is 0.495. The van der Waals surface area contributed by atoms with E-state index < -0.39 is 0 Å². The van der Waals surface area contributed by atoms with Gasteiger partial charge in [0.2, 0.25) is 0 Å². The van der Waals surface area contributed by atoms with E-state index in [1.165, 1.54) is 15.5 Å². The van der Waals surface area contributed by atoms with Gasteiger partial charge in [0.05, 0.1) is 16.9 Å². The fourth-order valence-corrected chi connectivity index (χ4v) is 2.91. The number of hydrogen-bond donors (Lipinski definition) is 0. The molecular weight excluding hydrogens is 335 g/mol. The predicted molar refractivity (Wildman–Crippen MR) is 74.8 cm³/mol. The molecule has 1 aliphatic carbocycles. The second kappa shape index (κ2) is 3.88. The molecular formula is C12H12ClIN2. The number of rotatable bonds is 2. The second-order valence-electron chi connectivity index (χ2n) is 4.45. The van der Waals surface area contributed by atoms with Crippen LogP contribution in [0, 0.1) is 9.49 Å². The van der Waals surface area contributed by atoms with E-state index in [4.69, 9.17) is 11.6 Å². The second-order valence-corrected chi connectivity index (χ2v) is 5.96. The predicted octanol–water partition coefficient (Wildman–Crippen LogP) is 3.96. The van der Waals surface area contributed by atoms with Crippen LogP contribution in [-0.4, -0.2) is 9.55 Å². The molecule has 0 spiro atoms. The lowest BCUT2D eigenvalue weighted by molar-refractivity contribution is 0.678. The van der Waals surface area contributed by atoms with Gasteiger partial charge in [-0.2, -0.15) is 0 Å². The fourth-order valence-electron chi connectivity index (χ4n) is 2.25. The summed E-state index contributed by atoms with van der Waals surface area (Å²) in [6.07, 6.45) is 1.25. The summed E-state index contributed by atoms with van der Waals surface area (Å²) in [6.45, 7) is 2.28. The molecule has 1 aromatic heterocycles. The van der Waals surface area contributed by atoms with E-state index in [0.717, 1.165) is 17.3 Å². The van der Waals surface area contributed by atoms with E-state index in [-0.39, 0.29) is 0 Å². The Kier molecular flexibility index (Phi) is 2.63. The zero-order valence-corrected chi connectivity index (χ0v) is 11.9. The Bertz CT molecular complexity index is 549. The molecule has 1 aromatic carbocycles. The molecule has 0 saturated heterocycles. The monoisotopic (exact) mass is 346 g/mol. The highest BCUT2D eigenvalue weighted by Crippen LogP contribution is 2.45. The lowest BCUT2D eigenvalue weighted by atomic mass is 10.3. The lowest BCUT2D eigenvalue weighted by Gasteiger charge is -2.05. The fraction of sp³-hybridized carbons (Fsp3) is 0.417. The first-order valence-corrected chi connectivity index (χ1v) is 7.04. The van der Waals surface area contributed by atoms with Gasteiger partial charge in [0, 0.05) is 9.61 Å². The molecule has 3 rings (SSSR count). The molecule has 0 N–H and O–H groups in total. The third kappa shape index (κ3) is 1.64. The summed E-state index contributed by atoms with van der Waals surface area (Å²) in [5, 5.41) is 0. The van der Waals surface area contributed by atoms with Crippen molar-refractivity contribution in [3.63, 3.8) is 0 Å². The Balaban J connectivity index is 2.23. The molecule has 1 saturated carbocycles. The molecule has 4 heteroatoms. The van der Waals surface area contributed by atoms with Crippen molar-refractivity contribution in [2.75, 3.05) is 0 Å². The first kappa shape index (κ1) is 10.8. The average Bonchev–Trinajstić information content (AvgIpc) is 2.86. The molecule has 0 radical (unpaired) electrons. The summed E-state index contributed by atoms with van der Waals surface area (Å²) in [5.41, 5.74) is 2.30. The maximum atomic E-state index is 5.98. The maximum absolute atomic E-state index is 5.98. The molecule has 0 amide bonds. The Labute approximate surface area is 113 Å². The van der Waals surface area contributed by atoms with Crippen LogP contribution in [0.15, 0.2) is 18.2 Å². The summed E-state index contributed by atoms with van der Waals surface area (Å²) < 4.78 is 3.54. The van der Waals surface area contributed by atoms with Gasteiger partial charge in [-0.05, 0) is 53.1 Å². The van der Waals surface area contributed by atoms with Gasteiger partial charge in [0.1, 0.15) is 5.82 Å². The van der Waals surface area contributed by atoms with Crippen molar-refractivity contribution >= 4 is 45.2 Å². The van der Waals surface area contributed by atoms with E-state index in [9.17, 15) is 0 Å². The molecule has 2 nitrogen and oxygen atoms in total. The Hall–Kier alpha value is -0.290. The Morgan fingerprint density at radius 2 is 2.31 bits per heavy atom. The SMILES string of the molecule is CC1CC1n1c(CCl)nc2cc(I)ccc21. The van der Waals surface area contributed by atoms with Crippen LogP contribution in [0.3, 0.4) is 0 Å². The zero-order valence-electron chi connectivity index (χ0n) is 8.95. The van der Waals surface area contributed by atoms with Gasteiger partial charge in [0.15, 0.2) is 0 Å². The largest absolute Gasteiger partial charge is 0.324 e. The van der Waals surface area contributed by atoms with Gasteiger partial charge >= 0.3 is 0 Å². The first-order chi connectivity index (χ1) is 7.70. The van der Waals surface area contributed by atoms with Gasteiger partial charge in [-0.1, -0.05) is 6.92 Å². The first-order valence-electron chi connectivity index (χ1n) is 5.43. The van der Waals surface area contributed by atoms with Crippen molar-refractivity contribution in [2.45, 2.75) is 25.3 Å². The van der Waals surface area contributed by atoms with Crippen LogP contribution in [0.5, 0.6) is 0 Å². The lowest BCUT2D eigenvalue weighted by Crippen LogP contribution is -2.00. The Morgan fingerprint density at radius 1 is 1.56 bits per heavy atom. The van der Waals surface area contributed by atoms with Crippen LogP contribution in [0.2, 0.25) is 0 Å². The van der Waals surface area contributed by atoms with Gasteiger partial charge < -0.3 is 4.57 Å². The van der Waals surface area contributed by atoms with Crippen LogP contribution in [0.4, 0.5) is 0 Å². The summed E-state index contributed by atoms with van der Waals surface area (Å²) >= 11 is 8.29. The number of alkyl halides is 1. The van der Waals surface area contributed by atoms with Gasteiger partial charge in [-0.25, -0.2) is 4.98 Å². The summed E-state index contributed by atoms with van der Waals surface area (Å²) in [4.78, 5) is 4.61. The minimum atomic E-state index is 0.495. The number of nitrogens with zero attached hydrogens (tertiary/aromatic N) is 2. The average molecular weight is 347 g/mol. The molecule has 0 aliphatic heterocycles. The normalized spacial score (nSPS) is 23.9. The van der Waals surface area contributed by atoms with E-state index in [1.54, 1.807) is 0 Å².